The fourth-order valence-corrected chi connectivity index (χ4v) is 4.36. The van der Waals surface area contributed by atoms with Gasteiger partial charge in [-0.1, -0.05) is 12.1 Å². The van der Waals surface area contributed by atoms with E-state index in [-0.39, 0.29) is 5.91 Å². The molecule has 1 aliphatic heterocycles. The van der Waals surface area contributed by atoms with Crippen LogP contribution < -0.4 is 9.46 Å². The Hall–Kier alpha value is -2.54. The molecule has 0 spiro atoms. The molecule has 1 amide bonds. The summed E-state index contributed by atoms with van der Waals surface area (Å²) in [5.41, 5.74) is 2.36. The number of carbonyl (C=O) groups excluding carboxylic acids is 1. The molecule has 0 radical (unpaired) electrons. The number of sulfonamides is 1. The van der Waals surface area contributed by atoms with Gasteiger partial charge >= 0.3 is 0 Å². The van der Waals surface area contributed by atoms with E-state index in [1.165, 1.54) is 5.56 Å². The molecule has 0 atom stereocenters. The van der Waals surface area contributed by atoms with Crippen molar-refractivity contribution in [1.82, 2.24) is 4.90 Å². The summed E-state index contributed by atoms with van der Waals surface area (Å²) in [6.45, 7) is 4.18. The third-order valence-corrected chi connectivity index (χ3v) is 6.02. The van der Waals surface area contributed by atoms with Crippen molar-refractivity contribution in [3.63, 3.8) is 0 Å². The highest BCUT2D eigenvalue weighted by molar-refractivity contribution is 7.92. The Morgan fingerprint density at radius 3 is 2.27 bits per heavy atom. The Morgan fingerprint density at radius 1 is 1.07 bits per heavy atom. The first-order valence-corrected chi connectivity index (χ1v) is 12.3. The van der Waals surface area contributed by atoms with Gasteiger partial charge in [0, 0.05) is 24.3 Å². The summed E-state index contributed by atoms with van der Waals surface area (Å²) in [6.07, 6.45) is 5.29. The van der Waals surface area contributed by atoms with Crippen molar-refractivity contribution < 1.29 is 17.9 Å². The Balaban J connectivity index is 1.46. The van der Waals surface area contributed by atoms with Crippen LogP contribution in [0.4, 0.5) is 5.69 Å². The number of anilines is 1. The lowest BCUT2D eigenvalue weighted by Gasteiger charge is -2.32. The molecule has 1 fully saturated rings. The number of hydrogen-bond acceptors (Lipinski definition) is 4. The smallest absolute Gasteiger partial charge is 0.253 e. The molecule has 0 aliphatic carbocycles. The zero-order chi connectivity index (χ0) is 21.6. The van der Waals surface area contributed by atoms with Crippen molar-refractivity contribution in [1.29, 1.82) is 0 Å². The van der Waals surface area contributed by atoms with E-state index in [9.17, 15) is 13.2 Å². The maximum absolute atomic E-state index is 12.7. The number of likely N-dealkylation sites (tertiary alicyclic amines) is 1. The van der Waals surface area contributed by atoms with Crippen molar-refractivity contribution in [2.45, 2.75) is 32.6 Å². The van der Waals surface area contributed by atoms with E-state index in [4.69, 9.17) is 4.74 Å². The monoisotopic (exact) mass is 430 g/mol. The first-order valence-electron chi connectivity index (χ1n) is 10.4. The molecule has 0 saturated carbocycles. The number of rotatable bonds is 8. The van der Waals surface area contributed by atoms with E-state index in [1.54, 1.807) is 24.3 Å². The maximum Gasteiger partial charge on any atom is 0.253 e. The lowest BCUT2D eigenvalue weighted by atomic mass is 9.90. The van der Waals surface area contributed by atoms with Crippen LogP contribution in [0.2, 0.25) is 0 Å². The zero-order valence-corrected chi connectivity index (χ0v) is 18.5. The minimum Gasteiger partial charge on any atom is -0.494 e. The summed E-state index contributed by atoms with van der Waals surface area (Å²) in [6, 6.07) is 14.9. The third-order valence-electron chi connectivity index (χ3n) is 5.41. The number of carbonyl (C=O) groups is 1. The van der Waals surface area contributed by atoms with Gasteiger partial charge in [0.05, 0.1) is 12.9 Å². The molecule has 1 heterocycles. The minimum atomic E-state index is -3.32. The highest BCUT2D eigenvalue weighted by Gasteiger charge is 2.23. The van der Waals surface area contributed by atoms with Gasteiger partial charge in [-0.15, -0.1) is 0 Å². The summed E-state index contributed by atoms with van der Waals surface area (Å²) >= 11 is 0. The number of aryl methyl sites for hydroxylation is 1. The number of amides is 1. The molecule has 0 unspecified atom stereocenters. The number of nitrogens with zero attached hydrogens (tertiary/aromatic N) is 1. The number of ether oxygens (including phenoxy) is 1. The second kappa shape index (κ2) is 9.98. The summed E-state index contributed by atoms with van der Waals surface area (Å²) in [7, 11) is -3.32. The molecule has 7 heteroatoms. The predicted octanol–water partition coefficient (Wildman–Crippen LogP) is 3.94. The van der Waals surface area contributed by atoms with Gasteiger partial charge in [-0.05, 0) is 80.5 Å². The molecular weight excluding hydrogens is 400 g/mol. The molecular formula is C23H30N2O4S. The average Bonchev–Trinajstić information content (AvgIpc) is 2.73. The molecule has 3 rings (SSSR count). The normalized spacial score (nSPS) is 15.1. The predicted molar refractivity (Wildman–Crippen MR) is 119 cm³/mol. The molecule has 1 saturated heterocycles. The summed E-state index contributed by atoms with van der Waals surface area (Å²) < 4.78 is 30.5. The van der Waals surface area contributed by atoms with Crippen LogP contribution in [-0.4, -0.2) is 45.2 Å². The molecule has 162 valence electrons. The van der Waals surface area contributed by atoms with Gasteiger partial charge in [0.2, 0.25) is 10.0 Å². The number of nitrogens with one attached hydrogen (secondary N) is 1. The van der Waals surface area contributed by atoms with Crippen molar-refractivity contribution in [2.24, 2.45) is 5.92 Å². The van der Waals surface area contributed by atoms with Gasteiger partial charge in [0.15, 0.2) is 0 Å². The molecule has 2 aromatic rings. The summed E-state index contributed by atoms with van der Waals surface area (Å²) in [5, 5.41) is 0. The van der Waals surface area contributed by atoms with Crippen LogP contribution in [0.25, 0.3) is 0 Å². The summed E-state index contributed by atoms with van der Waals surface area (Å²) in [4.78, 5) is 14.6. The largest absolute Gasteiger partial charge is 0.494 e. The van der Waals surface area contributed by atoms with Gasteiger partial charge in [-0.2, -0.15) is 0 Å². The van der Waals surface area contributed by atoms with Crippen LogP contribution in [-0.2, 0) is 16.4 Å². The first-order chi connectivity index (χ1) is 14.3. The Morgan fingerprint density at radius 2 is 1.70 bits per heavy atom. The summed E-state index contributed by atoms with van der Waals surface area (Å²) in [5.74, 6) is 1.54. The van der Waals surface area contributed by atoms with Gasteiger partial charge in [-0.3, -0.25) is 9.52 Å². The van der Waals surface area contributed by atoms with Gasteiger partial charge in [0.25, 0.3) is 5.91 Å². The fraction of sp³-hybridized carbons (Fsp3) is 0.435. The highest BCUT2D eigenvalue weighted by atomic mass is 32.2. The van der Waals surface area contributed by atoms with Crippen molar-refractivity contribution in [3.05, 3.63) is 59.7 Å². The van der Waals surface area contributed by atoms with E-state index in [1.807, 2.05) is 24.0 Å². The van der Waals surface area contributed by atoms with Crippen LogP contribution in [0.3, 0.4) is 0 Å². The molecule has 6 nitrogen and oxygen atoms in total. The molecule has 0 aromatic heterocycles. The Bertz CT molecular complexity index is 932. The van der Waals surface area contributed by atoms with Gasteiger partial charge in [0.1, 0.15) is 5.75 Å². The van der Waals surface area contributed by atoms with E-state index >= 15 is 0 Å². The third kappa shape index (κ3) is 6.49. The number of benzene rings is 2. The molecule has 2 aromatic carbocycles. The Kier molecular flexibility index (Phi) is 7.37. The first kappa shape index (κ1) is 22.2. The standard InChI is InChI=1S/C23H30N2O4S/c1-3-29-22-12-6-18(7-13-22)4-5-19-14-16-25(17-15-19)23(26)20-8-10-21(11-9-20)24-30(2,27)28/h6-13,19,24H,3-5,14-17H2,1-2H3. The van der Waals surface area contributed by atoms with Crippen LogP contribution in [0.15, 0.2) is 48.5 Å². The average molecular weight is 431 g/mol. The van der Waals surface area contributed by atoms with Crippen molar-refractivity contribution >= 4 is 21.6 Å². The molecule has 1 N–H and O–H groups in total. The maximum atomic E-state index is 12.7. The van der Waals surface area contributed by atoms with Crippen LogP contribution >= 0.6 is 0 Å². The SMILES string of the molecule is CCOc1ccc(CCC2CCN(C(=O)c3ccc(NS(C)(=O)=O)cc3)CC2)cc1. The highest BCUT2D eigenvalue weighted by Crippen LogP contribution is 2.24. The van der Waals surface area contributed by atoms with Crippen LogP contribution in [0.5, 0.6) is 5.75 Å². The molecule has 30 heavy (non-hydrogen) atoms. The van der Waals surface area contributed by atoms with E-state index in [0.29, 0.717) is 23.8 Å². The molecule has 1 aliphatic rings. The second-order valence-corrected chi connectivity index (χ2v) is 9.55. The van der Waals surface area contributed by atoms with Crippen molar-refractivity contribution in [3.8, 4) is 5.75 Å². The fourth-order valence-electron chi connectivity index (χ4n) is 3.79. The second-order valence-electron chi connectivity index (χ2n) is 7.80. The van der Waals surface area contributed by atoms with Crippen molar-refractivity contribution in [2.75, 3.05) is 30.7 Å². The van der Waals surface area contributed by atoms with E-state index < -0.39 is 10.0 Å². The van der Waals surface area contributed by atoms with Gasteiger partial charge < -0.3 is 9.64 Å². The zero-order valence-electron chi connectivity index (χ0n) is 17.6. The lowest BCUT2D eigenvalue weighted by molar-refractivity contribution is 0.0687. The van der Waals surface area contributed by atoms with Gasteiger partial charge in [-0.25, -0.2) is 8.42 Å². The minimum absolute atomic E-state index is 0.00543. The van der Waals surface area contributed by atoms with E-state index in [2.05, 4.69) is 16.9 Å². The Labute approximate surface area is 179 Å². The lowest BCUT2D eigenvalue weighted by Crippen LogP contribution is -2.38. The van der Waals surface area contributed by atoms with E-state index in [0.717, 1.165) is 50.8 Å². The number of hydrogen-bond donors (Lipinski definition) is 1. The topological polar surface area (TPSA) is 75.7 Å². The molecule has 0 bridgehead atoms. The number of piperidine rings is 1. The van der Waals surface area contributed by atoms with Crippen LogP contribution in [0.1, 0.15) is 42.1 Å². The van der Waals surface area contributed by atoms with Crippen LogP contribution in [0, 0.1) is 5.92 Å². The quantitative estimate of drug-likeness (QED) is 0.688.